The van der Waals surface area contributed by atoms with Gasteiger partial charge in [-0.15, -0.1) is 0 Å². The number of anilines is 3. The summed E-state index contributed by atoms with van der Waals surface area (Å²) in [5, 5.41) is 10.9. The molecule has 0 fully saturated rings. The molecule has 4 rings (SSSR count). The van der Waals surface area contributed by atoms with Crippen LogP contribution >= 0.6 is 11.6 Å². The quantitative estimate of drug-likeness (QED) is 0.0804. The summed E-state index contributed by atoms with van der Waals surface area (Å²) in [5.41, 5.74) is 9.56. The van der Waals surface area contributed by atoms with Crippen molar-refractivity contribution >= 4 is 46.6 Å². The molecule has 0 amide bonds. The normalized spacial score (nSPS) is 10.4. The van der Waals surface area contributed by atoms with Gasteiger partial charge in [0.15, 0.2) is 0 Å². The number of non-ortho nitro benzene ring substituents is 1. The summed E-state index contributed by atoms with van der Waals surface area (Å²) in [6, 6.07) is 13.8. The zero-order chi connectivity index (χ0) is 34.7. The summed E-state index contributed by atoms with van der Waals surface area (Å²) < 4.78 is 9.37. The van der Waals surface area contributed by atoms with Gasteiger partial charge in [0.2, 0.25) is 0 Å². The van der Waals surface area contributed by atoms with Crippen LogP contribution < -0.4 is 15.5 Å². The predicted octanol–water partition coefficient (Wildman–Crippen LogP) is 3.84. The maximum Gasteiger partial charge on any atom is 0.310 e. The fourth-order valence-electron chi connectivity index (χ4n) is 4.30. The number of esters is 2. The highest BCUT2D eigenvalue weighted by atomic mass is 35.5. The number of carbonyl (C=O) groups excluding carboxylic acids is 2. The van der Waals surface area contributed by atoms with E-state index in [0.717, 1.165) is 28.2 Å². The van der Waals surface area contributed by atoms with E-state index in [4.69, 9.17) is 22.1 Å². The standard InChI is InChI=1S/C16H17ClN4O4.C16H20N4O2/c1-20(2)16-12(9-14(22)25-3)15(17)18-13(19-16)8-10-4-6-11(7-5-10)21(23)24;1-20(2)16-12(9-15(21)22-3)10-18-14(19-16)8-11-4-6-13(17)7-5-11/h4-7H,8-9H2,1-3H3;4-7,10H,8-9,17H2,1-3H3. The zero-order valence-corrected chi connectivity index (χ0v) is 27.8. The van der Waals surface area contributed by atoms with E-state index in [1.54, 1.807) is 37.3 Å². The Balaban J connectivity index is 0.000000257. The minimum absolute atomic E-state index is 0.0186. The molecule has 0 unspecified atom stereocenters. The third-order valence-corrected chi connectivity index (χ3v) is 7.00. The first-order chi connectivity index (χ1) is 22.3. The Morgan fingerprint density at radius 1 is 0.809 bits per heavy atom. The number of hydrogen-bond acceptors (Lipinski definition) is 13. The Morgan fingerprint density at radius 2 is 1.32 bits per heavy atom. The van der Waals surface area contributed by atoms with Crippen molar-refractivity contribution in [3.05, 3.63) is 104 Å². The van der Waals surface area contributed by atoms with Gasteiger partial charge in [-0.05, 0) is 23.3 Å². The monoisotopic (exact) mass is 664 g/mol. The van der Waals surface area contributed by atoms with Crippen molar-refractivity contribution < 1.29 is 24.0 Å². The van der Waals surface area contributed by atoms with Crippen LogP contribution in [0.5, 0.6) is 0 Å². The first kappa shape index (κ1) is 36.1. The van der Waals surface area contributed by atoms with Gasteiger partial charge < -0.3 is 25.0 Å². The predicted molar refractivity (Wildman–Crippen MR) is 179 cm³/mol. The van der Waals surface area contributed by atoms with Crippen LogP contribution in [0.3, 0.4) is 0 Å². The summed E-state index contributed by atoms with van der Waals surface area (Å²) in [6.07, 6.45) is 2.79. The van der Waals surface area contributed by atoms with Crippen LogP contribution in [0.15, 0.2) is 54.7 Å². The van der Waals surface area contributed by atoms with Crippen molar-refractivity contribution in [2.75, 3.05) is 57.9 Å². The third-order valence-electron chi connectivity index (χ3n) is 6.68. The Bertz CT molecular complexity index is 1700. The fraction of sp³-hybridized carbons (Fsp3) is 0.312. The van der Waals surface area contributed by atoms with Gasteiger partial charge in [0.05, 0.1) is 32.0 Å². The molecule has 2 aromatic heterocycles. The van der Waals surface area contributed by atoms with Crippen LogP contribution in [0.4, 0.5) is 23.0 Å². The topological polar surface area (TPSA) is 180 Å². The molecule has 0 aliphatic rings. The molecule has 0 aliphatic heterocycles. The Hall–Kier alpha value is -5.37. The van der Waals surface area contributed by atoms with E-state index in [9.17, 15) is 19.7 Å². The van der Waals surface area contributed by atoms with Gasteiger partial charge in [-0.1, -0.05) is 35.9 Å². The second-order valence-electron chi connectivity index (χ2n) is 10.7. The number of nitro benzene ring substituents is 1. The van der Waals surface area contributed by atoms with Crippen LogP contribution in [0.1, 0.15) is 33.9 Å². The number of rotatable bonds is 11. The smallest absolute Gasteiger partial charge is 0.310 e. The SMILES string of the molecule is COC(=O)Cc1c(Cl)nc(Cc2ccc([N+](=O)[O-])cc2)nc1N(C)C.COC(=O)Cc1cnc(Cc2ccc(N)cc2)nc1N(C)C. The number of halogens is 1. The van der Waals surface area contributed by atoms with Crippen LogP contribution in [0.25, 0.3) is 0 Å². The molecule has 2 aromatic carbocycles. The van der Waals surface area contributed by atoms with Gasteiger partial charge in [0.25, 0.3) is 5.69 Å². The number of nitrogens with zero attached hydrogens (tertiary/aromatic N) is 7. The third kappa shape index (κ3) is 10.6. The maximum absolute atomic E-state index is 11.6. The molecule has 0 saturated carbocycles. The molecule has 15 heteroatoms. The number of carbonyl (C=O) groups is 2. The number of hydrogen-bond donors (Lipinski definition) is 1. The van der Waals surface area contributed by atoms with Crippen molar-refractivity contribution in [2.45, 2.75) is 25.7 Å². The summed E-state index contributed by atoms with van der Waals surface area (Å²) in [4.78, 5) is 54.5. The number of aromatic nitrogens is 4. The molecule has 0 bridgehead atoms. The van der Waals surface area contributed by atoms with Crippen molar-refractivity contribution in [1.82, 2.24) is 19.9 Å². The van der Waals surface area contributed by atoms with E-state index in [0.29, 0.717) is 35.9 Å². The van der Waals surface area contributed by atoms with Crippen LogP contribution in [0.2, 0.25) is 5.15 Å². The molecule has 4 aromatic rings. The first-order valence-corrected chi connectivity index (χ1v) is 14.6. The number of methoxy groups -OCH3 is 2. The summed E-state index contributed by atoms with van der Waals surface area (Å²) in [5.74, 6) is 1.67. The molecular weight excluding hydrogens is 628 g/mol. The molecule has 248 valence electrons. The molecule has 47 heavy (non-hydrogen) atoms. The van der Waals surface area contributed by atoms with E-state index in [-0.39, 0.29) is 29.7 Å². The molecule has 14 nitrogen and oxygen atoms in total. The van der Waals surface area contributed by atoms with Crippen molar-refractivity contribution in [2.24, 2.45) is 0 Å². The Labute approximate surface area is 277 Å². The molecule has 0 atom stereocenters. The van der Waals surface area contributed by atoms with Gasteiger partial charge >= 0.3 is 11.9 Å². The van der Waals surface area contributed by atoms with Gasteiger partial charge in [-0.2, -0.15) is 0 Å². The highest BCUT2D eigenvalue weighted by Gasteiger charge is 2.19. The summed E-state index contributed by atoms with van der Waals surface area (Å²) in [7, 11) is 10.0. The molecule has 0 radical (unpaired) electrons. The number of nitrogens with two attached hydrogens (primary N) is 1. The number of benzene rings is 2. The van der Waals surface area contributed by atoms with Crippen LogP contribution in [-0.4, -0.2) is 79.2 Å². The Morgan fingerprint density at radius 3 is 1.85 bits per heavy atom. The number of nitro groups is 1. The van der Waals surface area contributed by atoms with Crippen molar-refractivity contribution in [1.29, 1.82) is 0 Å². The molecular formula is C32H37ClN8O6. The highest BCUT2D eigenvalue weighted by molar-refractivity contribution is 6.30. The molecule has 2 N–H and O–H groups in total. The molecule has 0 spiro atoms. The lowest BCUT2D eigenvalue weighted by atomic mass is 10.1. The second kappa shape index (κ2) is 16.8. The zero-order valence-electron chi connectivity index (χ0n) is 27.1. The van der Waals surface area contributed by atoms with E-state index < -0.39 is 10.9 Å². The minimum atomic E-state index is -0.455. The van der Waals surface area contributed by atoms with E-state index >= 15 is 0 Å². The lowest BCUT2D eigenvalue weighted by Gasteiger charge is -2.17. The van der Waals surface area contributed by atoms with Crippen molar-refractivity contribution in [3.63, 3.8) is 0 Å². The summed E-state index contributed by atoms with van der Waals surface area (Å²) >= 11 is 6.24. The highest BCUT2D eigenvalue weighted by Crippen LogP contribution is 2.25. The van der Waals surface area contributed by atoms with E-state index in [2.05, 4.69) is 24.7 Å². The Kier molecular flexibility index (Phi) is 12.9. The lowest BCUT2D eigenvalue weighted by Crippen LogP contribution is -2.18. The van der Waals surface area contributed by atoms with Crippen LogP contribution in [-0.2, 0) is 44.7 Å². The molecule has 2 heterocycles. The molecule has 0 aliphatic carbocycles. The fourth-order valence-corrected chi connectivity index (χ4v) is 4.55. The minimum Gasteiger partial charge on any atom is -0.469 e. The van der Waals surface area contributed by atoms with Gasteiger partial charge in [0.1, 0.15) is 28.4 Å². The average molecular weight is 665 g/mol. The summed E-state index contributed by atoms with van der Waals surface area (Å²) in [6.45, 7) is 0. The van der Waals surface area contributed by atoms with Gasteiger partial charge in [-0.25, -0.2) is 19.9 Å². The van der Waals surface area contributed by atoms with E-state index in [1.165, 1.54) is 26.4 Å². The second-order valence-corrected chi connectivity index (χ2v) is 11.0. The van der Waals surface area contributed by atoms with Crippen molar-refractivity contribution in [3.8, 4) is 0 Å². The van der Waals surface area contributed by atoms with Crippen LogP contribution in [0, 0.1) is 10.1 Å². The van der Waals surface area contributed by atoms with Gasteiger partial charge in [0, 0.05) is 76.2 Å². The molecule has 0 saturated heterocycles. The number of ether oxygens (including phenoxy) is 2. The maximum atomic E-state index is 11.6. The lowest BCUT2D eigenvalue weighted by molar-refractivity contribution is -0.384. The van der Waals surface area contributed by atoms with Gasteiger partial charge in [-0.3, -0.25) is 19.7 Å². The first-order valence-electron chi connectivity index (χ1n) is 14.3. The van der Waals surface area contributed by atoms with E-state index in [1.807, 2.05) is 43.3 Å². The average Bonchev–Trinajstić information content (AvgIpc) is 3.04. The number of nitrogen functional groups attached to an aromatic ring is 1. The largest absolute Gasteiger partial charge is 0.469 e.